The minimum atomic E-state index is 0.868. The van der Waals surface area contributed by atoms with Crippen LogP contribution in [0.3, 0.4) is 0 Å². The zero-order valence-electron chi connectivity index (χ0n) is 31.0. The third-order valence-corrected chi connectivity index (χ3v) is 12.3. The monoisotopic (exact) mass is 745 g/mol. The summed E-state index contributed by atoms with van der Waals surface area (Å²) in [5.41, 5.74) is 14.5. The number of furan rings is 1. The molecule has 0 aliphatic rings. The Kier molecular flexibility index (Phi) is 8.04. The molecule has 0 saturated heterocycles. The van der Waals surface area contributed by atoms with Crippen LogP contribution >= 0.6 is 11.3 Å². The van der Waals surface area contributed by atoms with E-state index in [1.165, 1.54) is 48.0 Å². The maximum atomic E-state index is 6.58. The summed E-state index contributed by atoms with van der Waals surface area (Å²) in [6.07, 6.45) is 0. The lowest BCUT2D eigenvalue weighted by Crippen LogP contribution is -2.12. The molecule has 0 aliphatic carbocycles. The summed E-state index contributed by atoms with van der Waals surface area (Å²) in [5, 5.41) is 4.68. The molecule has 0 radical (unpaired) electrons. The Morgan fingerprint density at radius 2 is 0.930 bits per heavy atom. The van der Waals surface area contributed by atoms with Gasteiger partial charge < -0.3 is 9.32 Å². The normalized spacial score (nSPS) is 11.5. The van der Waals surface area contributed by atoms with Crippen LogP contribution in [-0.4, -0.2) is 0 Å². The van der Waals surface area contributed by atoms with E-state index in [9.17, 15) is 0 Å². The molecule has 2 nitrogen and oxygen atoms in total. The van der Waals surface area contributed by atoms with E-state index in [1.54, 1.807) is 0 Å². The molecule has 57 heavy (non-hydrogen) atoms. The molecule has 0 atom stereocenters. The maximum Gasteiger partial charge on any atom is 0.136 e. The smallest absolute Gasteiger partial charge is 0.136 e. The summed E-state index contributed by atoms with van der Waals surface area (Å²) in [5.74, 6) is 0. The quantitative estimate of drug-likeness (QED) is 0.162. The maximum absolute atomic E-state index is 6.58. The minimum Gasteiger partial charge on any atom is -0.456 e. The molecular weight excluding hydrogens is 711 g/mol. The number of thiophene rings is 1. The third-order valence-electron chi connectivity index (χ3n) is 11.1. The SMILES string of the molecule is c1ccc(-c2ccc(N(c3ccc4oc5cc(-c6ccccc6)ccc5c4c3)c3ccc(-c4ccccc4)c4sc5ccccc5c34)c(-c3ccccc3)c2)cc1. The highest BCUT2D eigenvalue weighted by molar-refractivity contribution is 7.26. The highest BCUT2D eigenvalue weighted by Gasteiger charge is 2.24. The topological polar surface area (TPSA) is 16.4 Å². The van der Waals surface area contributed by atoms with E-state index in [4.69, 9.17) is 4.42 Å². The van der Waals surface area contributed by atoms with Crippen LogP contribution in [0.4, 0.5) is 17.1 Å². The van der Waals surface area contributed by atoms with Crippen molar-refractivity contribution in [3.05, 3.63) is 212 Å². The van der Waals surface area contributed by atoms with E-state index in [0.717, 1.165) is 55.7 Å². The summed E-state index contributed by atoms with van der Waals surface area (Å²) >= 11 is 1.87. The summed E-state index contributed by atoms with van der Waals surface area (Å²) in [6.45, 7) is 0. The third kappa shape index (κ3) is 5.80. The van der Waals surface area contributed by atoms with Crippen LogP contribution < -0.4 is 4.90 Å². The van der Waals surface area contributed by atoms with Gasteiger partial charge >= 0.3 is 0 Å². The zero-order valence-corrected chi connectivity index (χ0v) is 31.8. The second kappa shape index (κ2) is 13.8. The molecule has 0 N–H and O–H groups in total. The van der Waals surface area contributed by atoms with Gasteiger partial charge in [-0.3, -0.25) is 0 Å². The number of fused-ring (bicyclic) bond motifs is 6. The van der Waals surface area contributed by atoms with Crippen molar-refractivity contribution in [2.75, 3.05) is 4.90 Å². The number of nitrogens with zero attached hydrogens (tertiary/aromatic N) is 1. The predicted octanol–water partition coefficient (Wildman–Crippen LogP) is 16.1. The first kappa shape index (κ1) is 33.2. The number of hydrogen-bond acceptors (Lipinski definition) is 3. The van der Waals surface area contributed by atoms with Crippen molar-refractivity contribution in [1.29, 1.82) is 0 Å². The molecule has 2 heterocycles. The van der Waals surface area contributed by atoms with Gasteiger partial charge in [0, 0.05) is 42.2 Å². The Labute approximate surface area is 335 Å². The first-order valence-electron chi connectivity index (χ1n) is 19.3. The Morgan fingerprint density at radius 1 is 0.351 bits per heavy atom. The van der Waals surface area contributed by atoms with Crippen molar-refractivity contribution < 1.29 is 4.42 Å². The van der Waals surface area contributed by atoms with Crippen LogP contribution in [0.15, 0.2) is 217 Å². The van der Waals surface area contributed by atoms with Gasteiger partial charge in [0.1, 0.15) is 11.2 Å². The fraction of sp³-hybridized carbons (Fsp3) is 0. The molecule has 3 heteroatoms. The van der Waals surface area contributed by atoms with E-state index in [-0.39, 0.29) is 0 Å². The minimum absolute atomic E-state index is 0.868. The lowest BCUT2D eigenvalue weighted by molar-refractivity contribution is 0.669. The van der Waals surface area contributed by atoms with Gasteiger partial charge in [-0.15, -0.1) is 11.3 Å². The Morgan fingerprint density at radius 3 is 1.63 bits per heavy atom. The molecule has 9 aromatic carbocycles. The van der Waals surface area contributed by atoms with Crippen molar-refractivity contribution in [2.45, 2.75) is 0 Å². The Balaban J connectivity index is 1.20. The molecule has 268 valence electrons. The highest BCUT2D eigenvalue weighted by Crippen LogP contribution is 2.51. The van der Waals surface area contributed by atoms with Gasteiger partial charge in [0.05, 0.1) is 11.4 Å². The summed E-state index contributed by atoms with van der Waals surface area (Å²) in [6, 6.07) is 76.4. The molecule has 0 aliphatic heterocycles. The lowest BCUT2D eigenvalue weighted by atomic mass is 9.95. The number of hydrogen-bond donors (Lipinski definition) is 0. The van der Waals surface area contributed by atoms with Crippen molar-refractivity contribution in [3.8, 4) is 44.5 Å². The molecule has 11 aromatic rings. The van der Waals surface area contributed by atoms with E-state index in [1.807, 2.05) is 11.3 Å². The number of benzene rings is 9. The fourth-order valence-electron chi connectivity index (χ4n) is 8.35. The zero-order chi connectivity index (χ0) is 37.7. The van der Waals surface area contributed by atoms with Crippen LogP contribution in [0.5, 0.6) is 0 Å². The fourth-order valence-corrected chi connectivity index (χ4v) is 9.61. The highest BCUT2D eigenvalue weighted by atomic mass is 32.1. The predicted molar refractivity (Wildman–Crippen MR) is 243 cm³/mol. The number of rotatable bonds is 7. The van der Waals surface area contributed by atoms with Crippen molar-refractivity contribution in [3.63, 3.8) is 0 Å². The Hall–Kier alpha value is -7.20. The molecule has 2 aromatic heterocycles. The van der Waals surface area contributed by atoms with E-state index >= 15 is 0 Å². The standard InChI is InChI=1S/C54H35NOS/c1-5-15-36(16-6-1)40-26-30-48(46(33-40)39-21-11-4-12-22-39)55(42-27-32-50-47(35-42)44-28-25-41(34-51(44)56-50)37-17-7-2-8-18-37)49-31-29-43(38-19-9-3-10-20-38)54-53(49)45-23-13-14-24-52(45)57-54/h1-35H. The van der Waals surface area contributed by atoms with Gasteiger partial charge in [0.2, 0.25) is 0 Å². The molecule has 0 spiro atoms. The Bertz CT molecular complexity index is 3220. The van der Waals surface area contributed by atoms with Gasteiger partial charge in [-0.25, -0.2) is 0 Å². The molecular formula is C54H35NOS. The van der Waals surface area contributed by atoms with Gasteiger partial charge in [0.25, 0.3) is 0 Å². The van der Waals surface area contributed by atoms with Crippen LogP contribution in [-0.2, 0) is 0 Å². The van der Waals surface area contributed by atoms with Crippen LogP contribution in [0.2, 0.25) is 0 Å². The second-order valence-corrected chi connectivity index (χ2v) is 15.5. The molecule has 0 fully saturated rings. The van der Waals surface area contributed by atoms with Crippen LogP contribution in [0.25, 0.3) is 86.6 Å². The summed E-state index contributed by atoms with van der Waals surface area (Å²) < 4.78 is 9.12. The average molecular weight is 746 g/mol. The second-order valence-electron chi connectivity index (χ2n) is 14.5. The molecule has 0 amide bonds. The van der Waals surface area contributed by atoms with Crippen molar-refractivity contribution >= 4 is 70.5 Å². The van der Waals surface area contributed by atoms with Crippen molar-refractivity contribution in [1.82, 2.24) is 0 Å². The van der Waals surface area contributed by atoms with Gasteiger partial charge in [-0.1, -0.05) is 158 Å². The summed E-state index contributed by atoms with van der Waals surface area (Å²) in [7, 11) is 0. The van der Waals surface area contributed by atoms with Gasteiger partial charge in [0.15, 0.2) is 0 Å². The first-order valence-corrected chi connectivity index (χ1v) is 20.1. The van der Waals surface area contributed by atoms with Gasteiger partial charge in [-0.05, 0) is 93.5 Å². The average Bonchev–Trinajstić information content (AvgIpc) is 3.86. The van der Waals surface area contributed by atoms with E-state index < -0.39 is 0 Å². The summed E-state index contributed by atoms with van der Waals surface area (Å²) in [4.78, 5) is 2.48. The van der Waals surface area contributed by atoms with E-state index in [0.29, 0.717) is 0 Å². The molecule has 0 saturated carbocycles. The number of anilines is 3. The first-order chi connectivity index (χ1) is 28.3. The molecule has 0 unspecified atom stereocenters. The van der Waals surface area contributed by atoms with Gasteiger partial charge in [-0.2, -0.15) is 0 Å². The van der Waals surface area contributed by atoms with E-state index in [2.05, 4.69) is 217 Å². The molecule has 11 rings (SSSR count). The lowest BCUT2D eigenvalue weighted by Gasteiger charge is -2.29. The largest absolute Gasteiger partial charge is 0.456 e. The van der Waals surface area contributed by atoms with Crippen molar-refractivity contribution in [2.24, 2.45) is 0 Å². The van der Waals surface area contributed by atoms with Crippen LogP contribution in [0, 0.1) is 0 Å². The van der Waals surface area contributed by atoms with Crippen LogP contribution in [0.1, 0.15) is 0 Å². The molecule has 0 bridgehead atoms.